The van der Waals surface area contributed by atoms with Crippen LogP contribution in [0.2, 0.25) is 0 Å². The molecule has 2 rings (SSSR count). The summed E-state index contributed by atoms with van der Waals surface area (Å²) < 4.78 is 26.3. The lowest BCUT2D eigenvalue weighted by molar-refractivity contribution is 0.312. The molecule has 1 heterocycles. The average molecular weight is 267 g/mol. The van der Waals surface area contributed by atoms with Crippen molar-refractivity contribution < 1.29 is 12.6 Å². The molecule has 0 aliphatic heterocycles. The molecule has 2 aromatic rings. The highest BCUT2D eigenvalue weighted by Gasteiger charge is 2.03. The zero-order valence-electron chi connectivity index (χ0n) is 10.3. The Morgan fingerprint density at radius 2 is 2.06 bits per heavy atom. The Kier molecular flexibility index (Phi) is 4.04. The zero-order chi connectivity index (χ0) is 13.0. The highest BCUT2D eigenvalue weighted by Crippen LogP contribution is 2.19. The quantitative estimate of drug-likeness (QED) is 0.646. The number of aryl methyl sites for hydroxylation is 1. The van der Waals surface area contributed by atoms with Gasteiger partial charge in [0.15, 0.2) is 0 Å². The number of aromatic amines is 1. The predicted molar refractivity (Wildman–Crippen MR) is 72.0 cm³/mol. The lowest BCUT2D eigenvalue weighted by Crippen LogP contribution is -2.04. The Balaban J connectivity index is 1.85. The number of nitrogens with one attached hydrogen (secondary N) is 1. The van der Waals surface area contributed by atoms with Gasteiger partial charge in [-0.25, -0.2) is 0 Å². The van der Waals surface area contributed by atoms with Gasteiger partial charge in [0.05, 0.1) is 12.9 Å². The highest BCUT2D eigenvalue weighted by molar-refractivity contribution is 7.85. The molecule has 0 radical (unpaired) electrons. The molecule has 0 spiro atoms. The van der Waals surface area contributed by atoms with Gasteiger partial charge < -0.3 is 4.98 Å². The van der Waals surface area contributed by atoms with Gasteiger partial charge in [-0.1, -0.05) is 12.1 Å². The summed E-state index contributed by atoms with van der Waals surface area (Å²) in [4.78, 5) is 3.18. The first-order chi connectivity index (χ1) is 8.56. The van der Waals surface area contributed by atoms with Crippen LogP contribution in [0.5, 0.6) is 0 Å². The molecule has 1 aromatic heterocycles. The Bertz CT molecular complexity index is 616. The average Bonchev–Trinajstić information content (AvgIpc) is 2.75. The lowest BCUT2D eigenvalue weighted by Gasteiger charge is -2.04. The van der Waals surface area contributed by atoms with Crippen molar-refractivity contribution in [2.75, 3.05) is 12.9 Å². The van der Waals surface area contributed by atoms with Crippen molar-refractivity contribution >= 4 is 21.0 Å². The van der Waals surface area contributed by atoms with Crippen molar-refractivity contribution in [3.8, 4) is 0 Å². The van der Waals surface area contributed by atoms with Crippen LogP contribution in [-0.2, 0) is 20.7 Å². The van der Waals surface area contributed by atoms with Crippen LogP contribution < -0.4 is 0 Å². The lowest BCUT2D eigenvalue weighted by atomic mass is 10.0. The molecule has 0 unspecified atom stereocenters. The molecule has 5 heteroatoms. The van der Waals surface area contributed by atoms with E-state index in [2.05, 4.69) is 17.1 Å². The number of unbranched alkanes of at least 4 members (excludes halogenated alkanes) is 1. The predicted octanol–water partition coefficient (Wildman–Crippen LogP) is 2.47. The van der Waals surface area contributed by atoms with Gasteiger partial charge in [0, 0.05) is 17.1 Å². The first-order valence-corrected chi connectivity index (χ1v) is 7.77. The normalized spacial score (nSPS) is 12.1. The highest BCUT2D eigenvalue weighted by atomic mass is 32.2. The van der Waals surface area contributed by atoms with Gasteiger partial charge >= 0.3 is 0 Å². The molecule has 0 aliphatic rings. The minimum absolute atomic E-state index is 0.266. The van der Waals surface area contributed by atoms with Gasteiger partial charge in [-0.2, -0.15) is 8.42 Å². The molecule has 0 saturated heterocycles. The fourth-order valence-electron chi connectivity index (χ4n) is 2.00. The van der Waals surface area contributed by atoms with Crippen LogP contribution in [0.4, 0.5) is 0 Å². The second-order valence-electron chi connectivity index (χ2n) is 4.34. The topological polar surface area (TPSA) is 59.2 Å². The molecule has 0 aliphatic carbocycles. The molecular formula is C13H17NO3S. The van der Waals surface area contributed by atoms with Gasteiger partial charge in [-0.3, -0.25) is 4.18 Å². The number of fused-ring (bicyclic) bond motifs is 1. The van der Waals surface area contributed by atoms with Crippen molar-refractivity contribution in [2.45, 2.75) is 19.3 Å². The van der Waals surface area contributed by atoms with Crippen molar-refractivity contribution in [3.63, 3.8) is 0 Å². The van der Waals surface area contributed by atoms with Gasteiger partial charge in [0.25, 0.3) is 10.1 Å². The summed E-state index contributed by atoms with van der Waals surface area (Å²) in [6, 6.07) is 8.25. The number of H-pyrrole nitrogens is 1. The molecule has 1 N–H and O–H groups in total. The van der Waals surface area contributed by atoms with Crippen LogP contribution in [-0.4, -0.2) is 26.3 Å². The van der Waals surface area contributed by atoms with Crippen molar-refractivity contribution in [2.24, 2.45) is 0 Å². The summed E-state index contributed by atoms with van der Waals surface area (Å²) in [6.07, 6.45) is 5.60. The summed E-state index contributed by atoms with van der Waals surface area (Å²) in [5.41, 5.74) is 2.42. The number of hydrogen-bond acceptors (Lipinski definition) is 3. The molecule has 0 atom stereocenters. The van der Waals surface area contributed by atoms with Crippen molar-refractivity contribution in [1.29, 1.82) is 0 Å². The molecule has 4 nitrogen and oxygen atoms in total. The summed E-state index contributed by atoms with van der Waals surface area (Å²) >= 11 is 0. The third kappa shape index (κ3) is 3.58. The fraction of sp³-hybridized carbons (Fsp3) is 0.385. The smallest absolute Gasteiger partial charge is 0.264 e. The van der Waals surface area contributed by atoms with Crippen LogP contribution in [0.15, 0.2) is 30.5 Å². The van der Waals surface area contributed by atoms with E-state index >= 15 is 0 Å². The third-order valence-electron chi connectivity index (χ3n) is 2.82. The summed E-state index contributed by atoms with van der Waals surface area (Å²) in [5.74, 6) is 0. The molecule has 0 fully saturated rings. The Morgan fingerprint density at radius 3 is 2.83 bits per heavy atom. The van der Waals surface area contributed by atoms with Crippen LogP contribution in [0.25, 0.3) is 10.9 Å². The number of aromatic nitrogens is 1. The summed E-state index contributed by atoms with van der Waals surface area (Å²) in [6.45, 7) is 0.266. The number of benzene rings is 1. The summed E-state index contributed by atoms with van der Waals surface area (Å²) in [5, 5.41) is 1.24. The second-order valence-corrected chi connectivity index (χ2v) is 5.98. The van der Waals surface area contributed by atoms with Crippen LogP contribution in [0.1, 0.15) is 18.4 Å². The molecule has 0 amide bonds. The van der Waals surface area contributed by atoms with E-state index in [1.54, 1.807) is 0 Å². The van der Waals surface area contributed by atoms with E-state index in [1.807, 2.05) is 18.3 Å². The van der Waals surface area contributed by atoms with Crippen LogP contribution in [0, 0.1) is 0 Å². The van der Waals surface area contributed by atoms with E-state index in [9.17, 15) is 8.42 Å². The Labute approximate surface area is 107 Å². The number of hydrogen-bond donors (Lipinski definition) is 1. The molecular weight excluding hydrogens is 250 g/mol. The van der Waals surface area contributed by atoms with Crippen LogP contribution >= 0.6 is 0 Å². The second kappa shape index (κ2) is 5.54. The maximum atomic E-state index is 10.8. The van der Waals surface area contributed by atoms with E-state index in [1.165, 1.54) is 10.9 Å². The Hall–Kier alpha value is -1.33. The van der Waals surface area contributed by atoms with Gasteiger partial charge in [0.2, 0.25) is 0 Å². The number of rotatable bonds is 6. The Morgan fingerprint density at radius 1 is 1.22 bits per heavy atom. The zero-order valence-corrected chi connectivity index (χ0v) is 11.2. The minimum Gasteiger partial charge on any atom is -0.361 e. The first kappa shape index (κ1) is 13.1. The largest absolute Gasteiger partial charge is 0.361 e. The van der Waals surface area contributed by atoms with Crippen molar-refractivity contribution in [3.05, 3.63) is 36.0 Å². The van der Waals surface area contributed by atoms with Gasteiger partial charge in [-0.05, 0) is 37.0 Å². The SMILES string of the molecule is CS(=O)(=O)OCCCCc1cccc2[nH]ccc12. The van der Waals surface area contributed by atoms with E-state index in [4.69, 9.17) is 4.18 Å². The monoisotopic (exact) mass is 267 g/mol. The maximum absolute atomic E-state index is 10.8. The van der Waals surface area contributed by atoms with Gasteiger partial charge in [-0.15, -0.1) is 0 Å². The molecule has 98 valence electrons. The van der Waals surface area contributed by atoms with E-state index < -0.39 is 10.1 Å². The molecule has 0 saturated carbocycles. The van der Waals surface area contributed by atoms with E-state index in [0.717, 1.165) is 31.0 Å². The molecule has 0 bridgehead atoms. The first-order valence-electron chi connectivity index (χ1n) is 5.96. The minimum atomic E-state index is -3.30. The van der Waals surface area contributed by atoms with E-state index in [0.29, 0.717) is 0 Å². The summed E-state index contributed by atoms with van der Waals surface area (Å²) in [7, 11) is -3.30. The van der Waals surface area contributed by atoms with Crippen LogP contribution in [0.3, 0.4) is 0 Å². The molecule has 1 aromatic carbocycles. The van der Waals surface area contributed by atoms with E-state index in [-0.39, 0.29) is 6.61 Å². The van der Waals surface area contributed by atoms with Gasteiger partial charge in [0.1, 0.15) is 0 Å². The fourth-order valence-corrected chi connectivity index (χ4v) is 2.42. The molecule has 18 heavy (non-hydrogen) atoms. The van der Waals surface area contributed by atoms with Crippen molar-refractivity contribution in [1.82, 2.24) is 4.98 Å². The maximum Gasteiger partial charge on any atom is 0.264 e. The third-order valence-corrected chi connectivity index (χ3v) is 3.42. The standard InChI is InChI=1S/C13H17NO3S/c1-18(15,16)17-10-3-2-5-11-6-4-7-13-12(11)8-9-14-13/h4,6-9,14H,2-3,5,10H2,1H3.